The predicted molar refractivity (Wildman–Crippen MR) is 125 cm³/mol. The van der Waals surface area contributed by atoms with E-state index in [0.717, 1.165) is 17.8 Å². The maximum atomic E-state index is 5.87. The van der Waals surface area contributed by atoms with Gasteiger partial charge in [0.1, 0.15) is 0 Å². The minimum atomic E-state index is -0.115. The zero-order chi connectivity index (χ0) is 18.3. The molecule has 0 saturated heterocycles. The molecule has 0 aromatic heterocycles. The van der Waals surface area contributed by atoms with Crippen molar-refractivity contribution in [3.8, 4) is 0 Å². The number of nitrogens with zero attached hydrogens (tertiary/aromatic N) is 1. The molecule has 2 unspecified atom stereocenters. The fraction of sp³-hybridized carbons (Fsp3) is 0.650. The number of thioether (sulfide) groups is 1. The van der Waals surface area contributed by atoms with Crippen LogP contribution in [0.25, 0.3) is 0 Å². The van der Waals surface area contributed by atoms with Crippen molar-refractivity contribution in [3.63, 3.8) is 0 Å². The van der Waals surface area contributed by atoms with E-state index in [1.54, 1.807) is 0 Å². The van der Waals surface area contributed by atoms with E-state index < -0.39 is 0 Å². The summed E-state index contributed by atoms with van der Waals surface area (Å²) < 4.78 is 5.87. The van der Waals surface area contributed by atoms with Crippen molar-refractivity contribution in [2.75, 3.05) is 13.3 Å². The first-order valence-electron chi connectivity index (χ1n) is 9.11. The van der Waals surface area contributed by atoms with Gasteiger partial charge in [0.2, 0.25) is 0 Å². The molecule has 0 bridgehead atoms. The number of benzene rings is 1. The lowest BCUT2D eigenvalue weighted by Crippen LogP contribution is -2.42. The molecule has 26 heavy (non-hydrogen) atoms. The second-order valence-corrected chi connectivity index (χ2v) is 8.80. The lowest BCUT2D eigenvalue weighted by atomic mass is 10.1. The topological polar surface area (TPSA) is 45.7 Å². The van der Waals surface area contributed by atoms with Gasteiger partial charge in [-0.2, -0.15) is 11.8 Å². The molecule has 0 heterocycles. The normalized spacial score (nSPS) is 20.6. The number of rotatable bonds is 6. The van der Waals surface area contributed by atoms with Crippen LogP contribution in [-0.2, 0) is 17.9 Å². The van der Waals surface area contributed by atoms with Gasteiger partial charge in [-0.1, -0.05) is 24.3 Å². The van der Waals surface area contributed by atoms with Crippen LogP contribution >= 0.6 is 35.7 Å². The summed E-state index contributed by atoms with van der Waals surface area (Å²) in [6.45, 7) is 7.65. The highest BCUT2D eigenvalue weighted by molar-refractivity contribution is 14.0. The second-order valence-electron chi connectivity index (χ2n) is 7.66. The molecule has 2 rings (SSSR count). The van der Waals surface area contributed by atoms with Crippen LogP contribution in [0.2, 0.25) is 0 Å². The molecule has 2 N–H and O–H groups in total. The first-order valence-corrected chi connectivity index (χ1v) is 10.4. The van der Waals surface area contributed by atoms with E-state index in [4.69, 9.17) is 4.74 Å². The van der Waals surface area contributed by atoms with Crippen LogP contribution in [0.15, 0.2) is 29.3 Å². The molecular weight excluding hydrogens is 457 g/mol. The van der Waals surface area contributed by atoms with E-state index in [9.17, 15) is 0 Å². The molecule has 0 aliphatic heterocycles. The average Bonchev–Trinajstić information content (AvgIpc) is 3.04. The highest BCUT2D eigenvalue weighted by atomic mass is 127. The zero-order valence-corrected chi connectivity index (χ0v) is 19.8. The first-order chi connectivity index (χ1) is 11.9. The van der Waals surface area contributed by atoms with Crippen molar-refractivity contribution in [1.82, 2.24) is 10.6 Å². The quantitative estimate of drug-likeness (QED) is 0.348. The van der Waals surface area contributed by atoms with Crippen molar-refractivity contribution in [3.05, 3.63) is 35.4 Å². The molecule has 4 nitrogen and oxygen atoms in total. The van der Waals surface area contributed by atoms with Crippen molar-refractivity contribution in [2.45, 2.75) is 70.1 Å². The number of aliphatic imine (C=N–C) groups is 1. The molecule has 1 fully saturated rings. The van der Waals surface area contributed by atoms with Crippen LogP contribution in [-0.4, -0.2) is 36.2 Å². The Morgan fingerprint density at radius 3 is 2.62 bits per heavy atom. The van der Waals surface area contributed by atoms with Gasteiger partial charge < -0.3 is 15.4 Å². The molecule has 1 aliphatic carbocycles. The summed E-state index contributed by atoms with van der Waals surface area (Å²) in [5.41, 5.74) is 2.33. The molecule has 0 spiro atoms. The molecule has 1 aromatic rings. The summed E-state index contributed by atoms with van der Waals surface area (Å²) in [4.78, 5) is 4.37. The molecule has 148 valence electrons. The number of guanidine groups is 1. The van der Waals surface area contributed by atoms with Gasteiger partial charge >= 0.3 is 0 Å². The maximum Gasteiger partial charge on any atom is 0.191 e. The Morgan fingerprint density at radius 2 is 2.00 bits per heavy atom. The third-order valence-electron chi connectivity index (χ3n) is 4.41. The number of ether oxygens (including phenoxy) is 1. The van der Waals surface area contributed by atoms with Gasteiger partial charge in [0.05, 0.1) is 12.2 Å². The van der Waals surface area contributed by atoms with E-state index in [1.165, 1.54) is 30.4 Å². The summed E-state index contributed by atoms with van der Waals surface area (Å²) >= 11 is 1.98. The monoisotopic (exact) mass is 491 g/mol. The first kappa shape index (κ1) is 23.6. The second kappa shape index (κ2) is 11.4. The Kier molecular flexibility index (Phi) is 10.3. The summed E-state index contributed by atoms with van der Waals surface area (Å²) in [6, 6.07) is 9.08. The molecule has 6 heteroatoms. The van der Waals surface area contributed by atoms with Gasteiger partial charge in [-0.05, 0) is 57.4 Å². The van der Waals surface area contributed by atoms with Gasteiger partial charge in [-0.15, -0.1) is 24.0 Å². The smallest absolute Gasteiger partial charge is 0.191 e. The summed E-state index contributed by atoms with van der Waals surface area (Å²) in [5.74, 6) is 0.892. The molecular formula is C20H34IN3OS. The minimum Gasteiger partial charge on any atom is -0.371 e. The highest BCUT2D eigenvalue weighted by Crippen LogP contribution is 2.28. The van der Waals surface area contributed by atoms with Crippen LogP contribution < -0.4 is 10.6 Å². The standard InChI is InChI=1S/C20H33N3OS.HI/c1-20(2,3)24-14-16-8-6-7-15(11-16)13-22-19(21-4)23-17-9-10-18(12-17)25-5;/h6-8,11,17-18H,9-10,12-14H2,1-5H3,(H2,21,22,23);1H. The Bertz CT molecular complexity index is 574. The lowest BCUT2D eigenvalue weighted by Gasteiger charge is -2.20. The molecule has 1 aliphatic rings. The van der Waals surface area contributed by atoms with Crippen molar-refractivity contribution in [1.29, 1.82) is 0 Å². The largest absolute Gasteiger partial charge is 0.371 e. The number of nitrogens with one attached hydrogen (secondary N) is 2. The van der Waals surface area contributed by atoms with Gasteiger partial charge in [-0.3, -0.25) is 4.99 Å². The Morgan fingerprint density at radius 1 is 1.27 bits per heavy atom. The van der Waals surface area contributed by atoms with Crippen molar-refractivity contribution >= 4 is 41.7 Å². The zero-order valence-electron chi connectivity index (χ0n) is 16.7. The van der Waals surface area contributed by atoms with E-state index in [0.29, 0.717) is 12.6 Å². The van der Waals surface area contributed by atoms with Crippen LogP contribution in [0.5, 0.6) is 0 Å². The number of hydrogen-bond donors (Lipinski definition) is 2. The van der Waals surface area contributed by atoms with Gasteiger partial charge in [0, 0.05) is 24.9 Å². The van der Waals surface area contributed by atoms with E-state index in [-0.39, 0.29) is 29.6 Å². The Hall–Kier alpha value is -0.470. The molecule has 1 aromatic carbocycles. The van der Waals surface area contributed by atoms with Gasteiger partial charge in [0.15, 0.2) is 5.96 Å². The number of hydrogen-bond acceptors (Lipinski definition) is 3. The minimum absolute atomic E-state index is 0. The summed E-state index contributed by atoms with van der Waals surface area (Å²) in [7, 11) is 1.84. The van der Waals surface area contributed by atoms with Crippen LogP contribution in [0.4, 0.5) is 0 Å². The fourth-order valence-electron chi connectivity index (χ4n) is 2.99. The van der Waals surface area contributed by atoms with Crippen molar-refractivity contribution in [2.24, 2.45) is 4.99 Å². The van der Waals surface area contributed by atoms with Gasteiger partial charge in [-0.25, -0.2) is 0 Å². The van der Waals surface area contributed by atoms with Crippen LogP contribution in [0.3, 0.4) is 0 Å². The average molecular weight is 491 g/mol. The third kappa shape index (κ3) is 8.48. The SMILES string of the molecule is CN=C(NCc1cccc(COC(C)(C)C)c1)NC1CCC(SC)C1.I. The predicted octanol–water partition coefficient (Wildman–Crippen LogP) is 4.57. The van der Waals surface area contributed by atoms with Crippen LogP contribution in [0, 0.1) is 0 Å². The maximum absolute atomic E-state index is 5.87. The fourth-order valence-corrected chi connectivity index (χ4v) is 3.78. The summed E-state index contributed by atoms with van der Waals surface area (Å²) in [5, 5.41) is 7.78. The molecule has 0 amide bonds. The number of halogens is 1. The highest BCUT2D eigenvalue weighted by Gasteiger charge is 2.24. The van der Waals surface area contributed by atoms with Crippen molar-refractivity contribution < 1.29 is 4.74 Å². The molecule has 0 radical (unpaired) electrons. The molecule has 1 saturated carbocycles. The molecule has 2 atom stereocenters. The van der Waals surface area contributed by atoms with Gasteiger partial charge in [0.25, 0.3) is 0 Å². The Labute approximate surface area is 180 Å². The van der Waals surface area contributed by atoms with Crippen LogP contribution in [0.1, 0.15) is 51.2 Å². The summed E-state index contributed by atoms with van der Waals surface area (Å²) in [6.07, 6.45) is 5.95. The third-order valence-corrected chi connectivity index (χ3v) is 5.50. The van der Waals surface area contributed by atoms with E-state index >= 15 is 0 Å². The van der Waals surface area contributed by atoms with E-state index in [1.807, 2.05) is 18.8 Å². The lowest BCUT2D eigenvalue weighted by molar-refractivity contribution is -0.0149. The Balaban J connectivity index is 0.00000338. The van der Waals surface area contributed by atoms with E-state index in [2.05, 4.69) is 66.9 Å².